The second kappa shape index (κ2) is 10.2. The quantitative estimate of drug-likeness (QED) is 0.593. The lowest BCUT2D eigenvalue weighted by atomic mass is 10.2. The Labute approximate surface area is 171 Å². The van der Waals surface area contributed by atoms with Crippen LogP contribution in [-0.4, -0.2) is 37.5 Å². The summed E-state index contributed by atoms with van der Waals surface area (Å²) in [5.41, 5.74) is 4.08. The highest BCUT2D eigenvalue weighted by Crippen LogP contribution is 2.28. The van der Waals surface area contributed by atoms with E-state index in [-0.39, 0.29) is 11.7 Å². The van der Waals surface area contributed by atoms with Crippen LogP contribution in [0.25, 0.3) is 0 Å². The maximum Gasteiger partial charge on any atom is 0.269 e. The van der Waals surface area contributed by atoms with Gasteiger partial charge in [0.05, 0.1) is 25.3 Å². The molecular formula is C20H21F2N3O5. The zero-order chi connectivity index (χ0) is 22.3. The monoisotopic (exact) mass is 421 g/mol. The molecule has 0 heterocycles. The van der Waals surface area contributed by atoms with Gasteiger partial charge in [-0.2, -0.15) is 0 Å². The Morgan fingerprint density at radius 2 is 1.70 bits per heavy atom. The van der Waals surface area contributed by atoms with E-state index in [4.69, 9.17) is 9.47 Å². The van der Waals surface area contributed by atoms with Crippen molar-refractivity contribution in [2.45, 2.75) is 20.0 Å². The van der Waals surface area contributed by atoms with Crippen LogP contribution in [0.2, 0.25) is 0 Å². The van der Waals surface area contributed by atoms with Crippen LogP contribution in [0.5, 0.6) is 11.5 Å². The third kappa shape index (κ3) is 6.16. The summed E-state index contributed by atoms with van der Waals surface area (Å²) in [6, 6.07) is 6.93. The van der Waals surface area contributed by atoms with Gasteiger partial charge in [0.15, 0.2) is 11.5 Å². The molecule has 2 aromatic rings. The molecule has 0 spiro atoms. The molecular weight excluding hydrogens is 400 g/mol. The summed E-state index contributed by atoms with van der Waals surface area (Å²) in [5, 5.41) is 2.17. The van der Waals surface area contributed by atoms with Gasteiger partial charge >= 0.3 is 0 Å². The Morgan fingerprint density at radius 3 is 2.33 bits per heavy atom. The van der Waals surface area contributed by atoms with Gasteiger partial charge in [0.2, 0.25) is 0 Å². The molecule has 0 aromatic heterocycles. The molecule has 3 N–H and O–H groups in total. The fourth-order valence-corrected chi connectivity index (χ4v) is 2.33. The van der Waals surface area contributed by atoms with Crippen LogP contribution < -0.4 is 25.6 Å². The van der Waals surface area contributed by atoms with E-state index in [0.29, 0.717) is 17.6 Å². The first-order valence-corrected chi connectivity index (χ1v) is 8.88. The number of ether oxygens (including phenoxy) is 2. The van der Waals surface area contributed by atoms with E-state index in [0.717, 1.165) is 12.1 Å². The summed E-state index contributed by atoms with van der Waals surface area (Å²) in [7, 11) is 1.43. The Hall–Kier alpha value is -3.69. The van der Waals surface area contributed by atoms with Gasteiger partial charge in [-0.15, -0.1) is 0 Å². The van der Waals surface area contributed by atoms with E-state index in [1.807, 2.05) is 13.8 Å². The van der Waals surface area contributed by atoms with Crippen molar-refractivity contribution in [3.05, 3.63) is 59.2 Å². The minimum absolute atomic E-state index is 0.0866. The highest BCUT2D eigenvalue weighted by Gasteiger charge is 2.15. The first-order valence-electron chi connectivity index (χ1n) is 8.88. The minimum Gasteiger partial charge on any atom is -0.493 e. The maximum absolute atomic E-state index is 13.5. The number of amides is 3. The molecule has 0 saturated heterocycles. The van der Waals surface area contributed by atoms with Gasteiger partial charge in [0.25, 0.3) is 17.7 Å². The van der Waals surface area contributed by atoms with Crippen LogP contribution in [0.3, 0.4) is 0 Å². The lowest BCUT2D eigenvalue weighted by molar-refractivity contribution is -0.120. The van der Waals surface area contributed by atoms with Crippen LogP contribution in [0, 0.1) is 11.6 Å². The standard InChI is InChI=1S/C20H21F2N3O5/c1-11(2)30-16-7-4-12(8-17(16)29-3)19(27)25-24-18(26)10-23-20(28)14-6-5-13(21)9-15(14)22/h4-9,11H,10H2,1-3H3,(H,23,28)(H,24,26)(H,25,27). The zero-order valence-electron chi connectivity index (χ0n) is 16.5. The van der Waals surface area contributed by atoms with Gasteiger partial charge in [-0.25, -0.2) is 8.78 Å². The normalized spacial score (nSPS) is 10.3. The average molecular weight is 421 g/mol. The molecule has 30 heavy (non-hydrogen) atoms. The average Bonchev–Trinajstić information content (AvgIpc) is 2.70. The van der Waals surface area contributed by atoms with Gasteiger partial charge in [0.1, 0.15) is 11.6 Å². The number of hydrogen-bond acceptors (Lipinski definition) is 5. The largest absolute Gasteiger partial charge is 0.493 e. The predicted octanol–water partition coefficient (Wildman–Crippen LogP) is 1.95. The molecule has 0 atom stereocenters. The fraction of sp³-hybridized carbons (Fsp3) is 0.250. The van der Waals surface area contributed by atoms with Crippen molar-refractivity contribution >= 4 is 17.7 Å². The van der Waals surface area contributed by atoms with E-state index < -0.39 is 41.5 Å². The Balaban J connectivity index is 1.88. The number of halogens is 2. The van der Waals surface area contributed by atoms with Gasteiger partial charge in [0, 0.05) is 11.6 Å². The van der Waals surface area contributed by atoms with Gasteiger partial charge in [-0.1, -0.05) is 0 Å². The summed E-state index contributed by atoms with van der Waals surface area (Å²) >= 11 is 0. The Morgan fingerprint density at radius 1 is 0.967 bits per heavy atom. The van der Waals surface area contributed by atoms with Crippen molar-refractivity contribution in [1.82, 2.24) is 16.2 Å². The molecule has 8 nitrogen and oxygen atoms in total. The van der Waals surface area contributed by atoms with Gasteiger partial charge < -0.3 is 14.8 Å². The van der Waals surface area contributed by atoms with Crippen LogP contribution in [0.1, 0.15) is 34.6 Å². The molecule has 0 aliphatic rings. The van der Waals surface area contributed by atoms with E-state index in [9.17, 15) is 23.2 Å². The summed E-state index contributed by atoms with van der Waals surface area (Å²) in [6.45, 7) is 3.15. The third-order valence-corrected chi connectivity index (χ3v) is 3.69. The molecule has 0 fully saturated rings. The number of hydrogen-bond donors (Lipinski definition) is 3. The molecule has 2 aromatic carbocycles. The van der Waals surface area contributed by atoms with Crippen LogP contribution in [0.4, 0.5) is 8.78 Å². The molecule has 0 saturated carbocycles. The van der Waals surface area contributed by atoms with Gasteiger partial charge in [-0.3, -0.25) is 25.2 Å². The summed E-state index contributed by atoms with van der Waals surface area (Å²) in [5.74, 6) is -3.37. The van der Waals surface area contributed by atoms with Crippen LogP contribution >= 0.6 is 0 Å². The molecule has 0 radical (unpaired) electrons. The van der Waals surface area contributed by atoms with Crippen molar-refractivity contribution in [1.29, 1.82) is 0 Å². The van der Waals surface area contributed by atoms with Gasteiger partial charge in [-0.05, 0) is 44.2 Å². The molecule has 10 heteroatoms. The van der Waals surface area contributed by atoms with Crippen LogP contribution in [0.15, 0.2) is 36.4 Å². The molecule has 3 amide bonds. The molecule has 0 aliphatic heterocycles. The fourth-order valence-electron chi connectivity index (χ4n) is 2.33. The first kappa shape index (κ1) is 22.6. The zero-order valence-corrected chi connectivity index (χ0v) is 16.5. The number of nitrogens with one attached hydrogen (secondary N) is 3. The van der Waals surface area contributed by atoms with Crippen molar-refractivity contribution in [2.24, 2.45) is 0 Å². The molecule has 0 aliphatic carbocycles. The van der Waals surface area contributed by atoms with Crippen molar-refractivity contribution in [3.8, 4) is 11.5 Å². The first-order chi connectivity index (χ1) is 14.2. The molecule has 2 rings (SSSR count). The number of carbonyl (C=O) groups is 3. The van der Waals surface area contributed by atoms with Crippen molar-refractivity contribution < 1.29 is 32.6 Å². The number of hydrazine groups is 1. The Kier molecular flexibility index (Phi) is 7.68. The highest BCUT2D eigenvalue weighted by atomic mass is 19.1. The van der Waals surface area contributed by atoms with E-state index in [1.165, 1.54) is 19.2 Å². The third-order valence-electron chi connectivity index (χ3n) is 3.69. The molecule has 0 bridgehead atoms. The number of benzene rings is 2. The minimum atomic E-state index is -1.06. The topological polar surface area (TPSA) is 106 Å². The van der Waals surface area contributed by atoms with Crippen molar-refractivity contribution in [2.75, 3.05) is 13.7 Å². The summed E-state index contributed by atoms with van der Waals surface area (Å²) < 4.78 is 37.2. The summed E-state index contributed by atoms with van der Waals surface area (Å²) in [4.78, 5) is 35.9. The second-order valence-corrected chi connectivity index (χ2v) is 6.34. The van der Waals surface area contributed by atoms with E-state index >= 15 is 0 Å². The maximum atomic E-state index is 13.5. The number of rotatable bonds is 7. The highest BCUT2D eigenvalue weighted by molar-refractivity contribution is 5.98. The predicted molar refractivity (Wildman–Crippen MR) is 103 cm³/mol. The molecule has 160 valence electrons. The SMILES string of the molecule is COc1cc(C(=O)NNC(=O)CNC(=O)c2ccc(F)cc2F)ccc1OC(C)C. The number of methoxy groups -OCH3 is 1. The lowest BCUT2D eigenvalue weighted by Gasteiger charge is -2.14. The number of carbonyl (C=O) groups excluding carboxylic acids is 3. The van der Waals surface area contributed by atoms with E-state index in [1.54, 1.807) is 6.07 Å². The summed E-state index contributed by atoms with van der Waals surface area (Å²) in [6.07, 6.45) is -0.0866. The van der Waals surface area contributed by atoms with Crippen molar-refractivity contribution in [3.63, 3.8) is 0 Å². The molecule has 0 unspecified atom stereocenters. The van der Waals surface area contributed by atoms with E-state index in [2.05, 4.69) is 16.2 Å². The second-order valence-electron chi connectivity index (χ2n) is 6.34. The Bertz CT molecular complexity index is 950. The van der Waals surface area contributed by atoms with Crippen LogP contribution in [-0.2, 0) is 4.79 Å². The lowest BCUT2D eigenvalue weighted by Crippen LogP contribution is -2.46. The smallest absolute Gasteiger partial charge is 0.269 e.